The van der Waals surface area contributed by atoms with E-state index < -0.39 is 0 Å². The zero-order chi connectivity index (χ0) is 14.8. The van der Waals surface area contributed by atoms with Crippen molar-refractivity contribution in [3.8, 4) is 0 Å². The quantitative estimate of drug-likeness (QED) is 0.709. The smallest absolute Gasteiger partial charge is 0.105 e. The van der Waals surface area contributed by atoms with Crippen LogP contribution in [0.1, 0.15) is 5.56 Å². The van der Waals surface area contributed by atoms with E-state index in [1.165, 1.54) is 0 Å². The molecule has 3 N–H and O–H groups in total. The van der Waals surface area contributed by atoms with Crippen molar-refractivity contribution in [2.45, 2.75) is 0 Å². The van der Waals surface area contributed by atoms with Crippen molar-refractivity contribution in [3.05, 3.63) is 65.4 Å². The summed E-state index contributed by atoms with van der Waals surface area (Å²) < 4.78 is 0. The molecule has 0 spiro atoms. The number of nitrogens with two attached hydrogens (primary N) is 1. The summed E-state index contributed by atoms with van der Waals surface area (Å²) in [7, 11) is 0. The monoisotopic (exact) mass is 313 g/mol. The van der Waals surface area contributed by atoms with E-state index >= 15 is 0 Å². The molecular formula is C16H12ClN3S. The summed E-state index contributed by atoms with van der Waals surface area (Å²) in [5.41, 5.74) is 8.13. The normalized spacial score (nSPS) is 10.5. The fourth-order valence-electron chi connectivity index (χ4n) is 2.17. The highest BCUT2D eigenvalue weighted by Gasteiger charge is 2.06. The van der Waals surface area contributed by atoms with Crippen molar-refractivity contribution < 1.29 is 0 Å². The molecule has 21 heavy (non-hydrogen) atoms. The number of pyridine rings is 1. The molecule has 5 heteroatoms. The number of hydrogen-bond acceptors (Lipinski definition) is 3. The SMILES string of the molecule is NC(=S)c1ccc(Nc2cccc3ccncc23)cc1Cl. The van der Waals surface area contributed by atoms with Gasteiger partial charge in [-0.2, -0.15) is 0 Å². The maximum Gasteiger partial charge on any atom is 0.105 e. The number of nitrogens with zero attached hydrogens (tertiary/aromatic N) is 1. The topological polar surface area (TPSA) is 50.9 Å². The molecule has 0 amide bonds. The van der Waals surface area contributed by atoms with Gasteiger partial charge in [0, 0.05) is 34.7 Å². The van der Waals surface area contributed by atoms with Gasteiger partial charge in [-0.25, -0.2) is 0 Å². The van der Waals surface area contributed by atoms with Crippen LogP contribution in [-0.2, 0) is 0 Å². The zero-order valence-electron chi connectivity index (χ0n) is 11.0. The molecule has 0 radical (unpaired) electrons. The molecule has 1 aromatic heterocycles. The second-order valence-corrected chi connectivity index (χ2v) is 5.43. The van der Waals surface area contributed by atoms with E-state index in [0.717, 1.165) is 22.1 Å². The summed E-state index contributed by atoms with van der Waals surface area (Å²) in [4.78, 5) is 4.46. The number of anilines is 2. The van der Waals surface area contributed by atoms with Crippen LogP contribution in [0.5, 0.6) is 0 Å². The van der Waals surface area contributed by atoms with E-state index in [1.807, 2.05) is 48.7 Å². The summed E-state index contributed by atoms with van der Waals surface area (Å²) in [5.74, 6) is 0. The van der Waals surface area contributed by atoms with Gasteiger partial charge in [0.1, 0.15) is 4.99 Å². The summed E-state index contributed by atoms with van der Waals surface area (Å²) in [6.07, 6.45) is 3.61. The highest BCUT2D eigenvalue weighted by molar-refractivity contribution is 7.80. The van der Waals surface area contributed by atoms with Crippen LogP contribution in [0.25, 0.3) is 10.8 Å². The lowest BCUT2D eigenvalue weighted by molar-refractivity contribution is 1.36. The molecule has 3 aromatic rings. The van der Waals surface area contributed by atoms with Gasteiger partial charge in [-0.1, -0.05) is 36.0 Å². The highest BCUT2D eigenvalue weighted by atomic mass is 35.5. The van der Waals surface area contributed by atoms with Gasteiger partial charge in [0.15, 0.2) is 0 Å². The molecule has 0 unspecified atom stereocenters. The molecular weight excluding hydrogens is 302 g/mol. The molecule has 0 bridgehead atoms. The van der Waals surface area contributed by atoms with E-state index in [1.54, 1.807) is 6.20 Å². The molecule has 2 aromatic carbocycles. The predicted octanol–water partition coefficient (Wildman–Crippen LogP) is 4.27. The Morgan fingerprint density at radius 3 is 2.81 bits per heavy atom. The van der Waals surface area contributed by atoms with Crippen molar-refractivity contribution in [1.82, 2.24) is 4.98 Å². The van der Waals surface area contributed by atoms with Crippen LogP contribution in [0.3, 0.4) is 0 Å². The first-order valence-electron chi connectivity index (χ1n) is 6.34. The first-order chi connectivity index (χ1) is 10.1. The number of nitrogens with one attached hydrogen (secondary N) is 1. The number of hydrogen-bond donors (Lipinski definition) is 2. The molecule has 0 aliphatic carbocycles. The Kier molecular flexibility index (Phi) is 3.73. The van der Waals surface area contributed by atoms with Gasteiger partial charge in [0.2, 0.25) is 0 Å². The third-order valence-electron chi connectivity index (χ3n) is 3.20. The predicted molar refractivity (Wildman–Crippen MR) is 92.4 cm³/mol. The Morgan fingerprint density at radius 2 is 2.05 bits per heavy atom. The molecule has 0 aliphatic heterocycles. The van der Waals surface area contributed by atoms with E-state index in [0.29, 0.717) is 15.6 Å². The van der Waals surface area contributed by atoms with Crippen LogP contribution in [-0.4, -0.2) is 9.97 Å². The van der Waals surface area contributed by atoms with Gasteiger partial charge in [-0.05, 0) is 35.7 Å². The van der Waals surface area contributed by atoms with Gasteiger partial charge in [0.05, 0.1) is 5.02 Å². The van der Waals surface area contributed by atoms with Crippen molar-refractivity contribution in [3.63, 3.8) is 0 Å². The average molecular weight is 314 g/mol. The van der Waals surface area contributed by atoms with Crippen LogP contribution in [0.15, 0.2) is 54.9 Å². The first-order valence-corrected chi connectivity index (χ1v) is 7.13. The van der Waals surface area contributed by atoms with E-state index in [4.69, 9.17) is 29.6 Å². The molecule has 3 rings (SSSR count). The van der Waals surface area contributed by atoms with Crippen molar-refractivity contribution in [1.29, 1.82) is 0 Å². The lowest BCUT2D eigenvalue weighted by atomic mass is 10.1. The average Bonchev–Trinajstić information content (AvgIpc) is 2.47. The Hall–Kier alpha value is -2.17. The van der Waals surface area contributed by atoms with Gasteiger partial charge >= 0.3 is 0 Å². The van der Waals surface area contributed by atoms with Crippen molar-refractivity contribution in [2.75, 3.05) is 5.32 Å². The number of benzene rings is 2. The number of fused-ring (bicyclic) bond motifs is 1. The highest BCUT2D eigenvalue weighted by Crippen LogP contribution is 2.28. The zero-order valence-corrected chi connectivity index (χ0v) is 12.6. The van der Waals surface area contributed by atoms with Gasteiger partial charge in [-0.3, -0.25) is 4.98 Å². The molecule has 0 saturated heterocycles. The van der Waals surface area contributed by atoms with Crippen LogP contribution >= 0.6 is 23.8 Å². The van der Waals surface area contributed by atoms with Crippen molar-refractivity contribution in [2.24, 2.45) is 5.73 Å². The minimum absolute atomic E-state index is 0.293. The van der Waals surface area contributed by atoms with E-state index in [-0.39, 0.29) is 0 Å². The summed E-state index contributed by atoms with van der Waals surface area (Å²) in [5, 5.41) is 6.05. The summed E-state index contributed by atoms with van der Waals surface area (Å²) >= 11 is 11.1. The fourth-order valence-corrected chi connectivity index (χ4v) is 2.69. The number of aromatic nitrogens is 1. The van der Waals surface area contributed by atoms with E-state index in [9.17, 15) is 0 Å². The van der Waals surface area contributed by atoms with Crippen molar-refractivity contribution >= 4 is 51.0 Å². The van der Waals surface area contributed by atoms with E-state index in [2.05, 4.69) is 10.3 Å². The largest absolute Gasteiger partial charge is 0.389 e. The summed E-state index contributed by atoms with van der Waals surface area (Å²) in [6, 6.07) is 13.5. The minimum Gasteiger partial charge on any atom is -0.389 e. The van der Waals surface area contributed by atoms with Gasteiger partial charge in [-0.15, -0.1) is 0 Å². The van der Waals surface area contributed by atoms with Crippen LogP contribution in [0.2, 0.25) is 5.02 Å². The Morgan fingerprint density at radius 1 is 1.19 bits per heavy atom. The standard InChI is InChI=1S/C16H12ClN3S/c17-14-8-11(4-5-12(14)16(18)21)20-15-3-1-2-10-6-7-19-9-13(10)15/h1-9,20H,(H2,18,21). The lowest BCUT2D eigenvalue weighted by Crippen LogP contribution is -2.09. The Labute approximate surface area is 132 Å². The molecule has 3 nitrogen and oxygen atoms in total. The number of thiocarbonyl (C=S) groups is 1. The third-order valence-corrected chi connectivity index (χ3v) is 3.73. The molecule has 104 valence electrons. The fraction of sp³-hybridized carbons (Fsp3) is 0. The second kappa shape index (κ2) is 5.68. The number of halogens is 1. The van der Waals surface area contributed by atoms with Crippen LogP contribution in [0.4, 0.5) is 11.4 Å². The first kappa shape index (κ1) is 13.8. The number of rotatable bonds is 3. The molecule has 0 aliphatic rings. The third kappa shape index (κ3) is 2.82. The maximum absolute atomic E-state index is 6.19. The Balaban J connectivity index is 1.99. The molecule has 0 fully saturated rings. The lowest BCUT2D eigenvalue weighted by Gasteiger charge is -2.11. The van der Waals surface area contributed by atoms with Crippen LogP contribution < -0.4 is 11.1 Å². The molecule has 1 heterocycles. The maximum atomic E-state index is 6.19. The molecule has 0 atom stereocenters. The van der Waals surface area contributed by atoms with Crippen LogP contribution in [0, 0.1) is 0 Å². The molecule has 0 saturated carbocycles. The van der Waals surface area contributed by atoms with Gasteiger partial charge < -0.3 is 11.1 Å². The Bertz CT molecular complexity index is 827. The minimum atomic E-state index is 0.293. The van der Waals surface area contributed by atoms with Gasteiger partial charge in [0.25, 0.3) is 0 Å². The summed E-state index contributed by atoms with van der Waals surface area (Å²) in [6.45, 7) is 0. The second-order valence-electron chi connectivity index (χ2n) is 4.59.